The topological polar surface area (TPSA) is 134 Å². The summed E-state index contributed by atoms with van der Waals surface area (Å²) in [5.74, 6) is 0.482. The maximum Gasteiger partial charge on any atom is 0.263 e. The lowest BCUT2D eigenvalue weighted by atomic mass is 9.81. The van der Waals surface area contributed by atoms with Crippen molar-refractivity contribution in [3.8, 4) is 11.8 Å². The van der Waals surface area contributed by atoms with E-state index in [0.29, 0.717) is 47.5 Å². The average Bonchev–Trinajstić information content (AvgIpc) is 3.38. The molecular weight excluding hydrogens is 528 g/mol. The lowest BCUT2D eigenvalue weighted by Crippen LogP contribution is -2.54. The van der Waals surface area contributed by atoms with Crippen LogP contribution in [0, 0.1) is 5.41 Å². The number of halogens is 1. The number of amides is 2. The maximum atomic E-state index is 12.7. The number of ether oxygens (including phenoxy) is 1. The van der Waals surface area contributed by atoms with E-state index in [0.717, 1.165) is 28.9 Å². The molecule has 0 radical (unpaired) electrons. The standard InChI is InChI=1S/C25H23ClN8O3S/c1-12-5-28-20-18-15(38-21(20)22(36)31-12)3-2-14-19(18)29-7-16(32-14)37-23-13(6-30-24(26)33-23)8-34-11-25(4-17(34)35)9-27-10-25/h2-3,6-7,12,27-28H,4-5,8-11H2,1H3,(H,31,36)/t12-/m1/s1. The van der Waals surface area contributed by atoms with Crippen LogP contribution in [-0.4, -0.2) is 68.9 Å². The zero-order valence-electron chi connectivity index (χ0n) is 20.4. The quantitative estimate of drug-likeness (QED) is 0.328. The van der Waals surface area contributed by atoms with Gasteiger partial charge in [0.1, 0.15) is 4.88 Å². The van der Waals surface area contributed by atoms with Gasteiger partial charge in [-0.2, -0.15) is 4.98 Å². The van der Waals surface area contributed by atoms with Gasteiger partial charge in [-0.1, -0.05) is 0 Å². The molecule has 4 aromatic rings. The summed E-state index contributed by atoms with van der Waals surface area (Å²) in [6.45, 7) is 5.28. The molecule has 0 unspecified atom stereocenters. The summed E-state index contributed by atoms with van der Waals surface area (Å²) in [6, 6.07) is 3.81. The van der Waals surface area contributed by atoms with Gasteiger partial charge in [0.05, 0.1) is 35.0 Å². The second-order valence-electron chi connectivity index (χ2n) is 10.2. The van der Waals surface area contributed by atoms with Crippen molar-refractivity contribution in [2.24, 2.45) is 5.41 Å². The van der Waals surface area contributed by atoms with Gasteiger partial charge in [0.25, 0.3) is 5.91 Å². The minimum atomic E-state index is -0.0936. The van der Waals surface area contributed by atoms with Gasteiger partial charge >= 0.3 is 0 Å². The van der Waals surface area contributed by atoms with Crippen molar-refractivity contribution < 1.29 is 14.3 Å². The number of carbonyl (C=O) groups excluding carboxylic acids is 2. The van der Waals surface area contributed by atoms with Crippen molar-refractivity contribution in [1.82, 2.24) is 35.5 Å². The van der Waals surface area contributed by atoms with Crippen LogP contribution in [0.1, 0.15) is 28.6 Å². The molecule has 3 aliphatic rings. The average molecular weight is 551 g/mol. The molecule has 3 aromatic heterocycles. The predicted octanol–water partition coefficient (Wildman–Crippen LogP) is 2.95. The van der Waals surface area contributed by atoms with Crippen LogP contribution < -0.4 is 20.7 Å². The fourth-order valence-corrected chi connectivity index (χ4v) is 6.55. The van der Waals surface area contributed by atoms with E-state index in [2.05, 4.69) is 35.9 Å². The molecule has 7 rings (SSSR count). The highest BCUT2D eigenvalue weighted by Gasteiger charge is 2.47. The number of nitrogens with one attached hydrogen (secondary N) is 3. The number of benzene rings is 1. The Bertz CT molecular complexity index is 1640. The smallest absolute Gasteiger partial charge is 0.263 e. The summed E-state index contributed by atoms with van der Waals surface area (Å²) in [6.07, 6.45) is 3.65. The van der Waals surface area contributed by atoms with E-state index in [9.17, 15) is 9.59 Å². The van der Waals surface area contributed by atoms with Gasteiger partial charge in [-0.3, -0.25) is 9.59 Å². The van der Waals surface area contributed by atoms with Crippen LogP contribution in [0.4, 0.5) is 5.69 Å². The van der Waals surface area contributed by atoms with Crippen molar-refractivity contribution >= 4 is 61.6 Å². The molecule has 1 atom stereocenters. The fraction of sp³-hybridized carbons (Fsp3) is 0.360. The lowest BCUT2D eigenvalue weighted by Gasteiger charge is -2.38. The van der Waals surface area contributed by atoms with Gasteiger partial charge in [-0.05, 0) is 30.7 Å². The van der Waals surface area contributed by atoms with Crippen molar-refractivity contribution in [2.75, 3.05) is 31.5 Å². The lowest BCUT2D eigenvalue weighted by molar-refractivity contribution is -0.128. The molecule has 6 heterocycles. The van der Waals surface area contributed by atoms with Crippen LogP contribution in [0.5, 0.6) is 11.8 Å². The van der Waals surface area contributed by atoms with Crippen molar-refractivity contribution in [2.45, 2.75) is 25.9 Å². The van der Waals surface area contributed by atoms with E-state index >= 15 is 0 Å². The minimum absolute atomic E-state index is 0.0128. The largest absolute Gasteiger partial charge is 0.418 e. The number of carbonyl (C=O) groups is 2. The summed E-state index contributed by atoms with van der Waals surface area (Å²) in [4.78, 5) is 45.5. The summed E-state index contributed by atoms with van der Waals surface area (Å²) < 4.78 is 7.00. The number of likely N-dealkylation sites (tertiary alicyclic amines) is 1. The van der Waals surface area contributed by atoms with E-state index in [1.807, 2.05) is 24.0 Å². The number of aromatic nitrogens is 4. The molecule has 3 N–H and O–H groups in total. The normalized spacial score (nSPS) is 20.3. The Balaban J connectivity index is 1.21. The fourth-order valence-electron chi connectivity index (χ4n) is 5.34. The molecule has 0 saturated carbocycles. The summed E-state index contributed by atoms with van der Waals surface area (Å²) in [5, 5.41) is 10.6. The van der Waals surface area contributed by atoms with E-state index in [-0.39, 0.29) is 40.3 Å². The molecular formula is C25H23ClN8O3S. The van der Waals surface area contributed by atoms with Crippen molar-refractivity contribution in [3.63, 3.8) is 0 Å². The van der Waals surface area contributed by atoms with Crippen LogP contribution in [0.15, 0.2) is 24.5 Å². The van der Waals surface area contributed by atoms with Crippen molar-refractivity contribution in [1.29, 1.82) is 0 Å². The van der Waals surface area contributed by atoms with Gasteiger partial charge in [0, 0.05) is 60.3 Å². The number of hydrogen-bond acceptors (Lipinski definition) is 10. The highest BCUT2D eigenvalue weighted by Crippen LogP contribution is 2.41. The van der Waals surface area contributed by atoms with Gasteiger partial charge < -0.3 is 25.6 Å². The van der Waals surface area contributed by atoms with Crippen LogP contribution >= 0.6 is 22.9 Å². The molecule has 11 nitrogen and oxygen atoms in total. The third-order valence-electron chi connectivity index (χ3n) is 7.27. The Morgan fingerprint density at radius 2 is 2.08 bits per heavy atom. The third-order valence-corrected chi connectivity index (χ3v) is 8.61. The summed E-state index contributed by atoms with van der Waals surface area (Å²) in [7, 11) is 0. The number of thiophene rings is 1. The maximum absolute atomic E-state index is 12.7. The van der Waals surface area contributed by atoms with Gasteiger partial charge in [-0.25, -0.2) is 15.0 Å². The predicted molar refractivity (Wildman–Crippen MR) is 143 cm³/mol. The molecule has 2 saturated heterocycles. The molecule has 1 aromatic carbocycles. The Labute approximate surface area is 226 Å². The first-order valence-corrected chi connectivity index (χ1v) is 13.5. The second-order valence-corrected chi connectivity index (χ2v) is 11.6. The number of nitrogens with zero attached hydrogens (tertiary/aromatic N) is 5. The van der Waals surface area contributed by atoms with Crippen LogP contribution in [0.3, 0.4) is 0 Å². The monoisotopic (exact) mass is 550 g/mol. The van der Waals surface area contributed by atoms with Gasteiger partial charge in [-0.15, -0.1) is 11.3 Å². The molecule has 2 amide bonds. The Kier molecular flexibility index (Phi) is 5.39. The highest BCUT2D eigenvalue weighted by atomic mass is 35.5. The van der Waals surface area contributed by atoms with E-state index in [1.165, 1.54) is 17.5 Å². The van der Waals surface area contributed by atoms with E-state index in [1.54, 1.807) is 6.20 Å². The number of anilines is 1. The number of hydrogen-bond donors (Lipinski definition) is 3. The Morgan fingerprint density at radius 1 is 1.21 bits per heavy atom. The third kappa shape index (κ3) is 3.91. The molecule has 38 heavy (non-hydrogen) atoms. The van der Waals surface area contributed by atoms with E-state index < -0.39 is 0 Å². The molecule has 0 bridgehead atoms. The molecule has 1 spiro atoms. The first kappa shape index (κ1) is 23.5. The zero-order valence-corrected chi connectivity index (χ0v) is 21.9. The second kappa shape index (κ2) is 8.72. The van der Waals surface area contributed by atoms with Crippen LogP contribution in [-0.2, 0) is 11.3 Å². The first-order valence-electron chi connectivity index (χ1n) is 12.3. The number of rotatable bonds is 4. The highest BCUT2D eigenvalue weighted by molar-refractivity contribution is 7.21. The Hall–Kier alpha value is -3.61. The van der Waals surface area contributed by atoms with Gasteiger partial charge in [0.2, 0.25) is 23.0 Å². The first-order chi connectivity index (χ1) is 18.4. The Morgan fingerprint density at radius 3 is 2.87 bits per heavy atom. The summed E-state index contributed by atoms with van der Waals surface area (Å²) in [5.41, 5.74) is 2.72. The van der Waals surface area contributed by atoms with Crippen LogP contribution in [0.2, 0.25) is 5.28 Å². The minimum Gasteiger partial charge on any atom is -0.418 e. The zero-order chi connectivity index (χ0) is 26.0. The van der Waals surface area contributed by atoms with Crippen LogP contribution in [0.25, 0.3) is 21.1 Å². The van der Waals surface area contributed by atoms with Crippen molar-refractivity contribution in [3.05, 3.63) is 40.3 Å². The SMILES string of the molecule is C[C@@H]1CNc2c(sc3ccc4nc(Oc5nc(Cl)ncc5CN5CC6(CNC6)CC5=O)cnc4c23)C(=O)N1. The molecule has 3 aliphatic heterocycles. The molecule has 13 heteroatoms. The van der Waals surface area contributed by atoms with E-state index in [4.69, 9.17) is 16.3 Å². The molecule has 194 valence electrons. The summed E-state index contributed by atoms with van der Waals surface area (Å²) >= 11 is 7.52. The molecule has 0 aliphatic carbocycles. The number of fused-ring (bicyclic) bond motifs is 5. The van der Waals surface area contributed by atoms with Gasteiger partial charge in [0.15, 0.2) is 0 Å². The molecule has 2 fully saturated rings.